The predicted octanol–water partition coefficient (Wildman–Crippen LogP) is 4.53. The molecule has 3 heterocycles. The number of pyridine rings is 1. The molecule has 176 valence electrons. The van der Waals surface area contributed by atoms with E-state index in [1.807, 2.05) is 42.1 Å². The maximum Gasteiger partial charge on any atom is 0.236 e. The van der Waals surface area contributed by atoms with E-state index in [9.17, 15) is 12.8 Å². The first kappa shape index (κ1) is 21.5. The molecule has 0 spiro atoms. The second kappa shape index (κ2) is 8.02. The third-order valence-corrected chi connectivity index (χ3v) is 7.87. The number of nitrogens with zero attached hydrogens (tertiary/aromatic N) is 5. The number of aryl methyl sites for hydroxylation is 1. The zero-order valence-corrected chi connectivity index (χ0v) is 19.6. The van der Waals surface area contributed by atoms with E-state index in [4.69, 9.17) is 0 Å². The van der Waals surface area contributed by atoms with Gasteiger partial charge in [-0.15, -0.1) is 0 Å². The molecule has 2 aromatic carbocycles. The van der Waals surface area contributed by atoms with E-state index in [-0.39, 0.29) is 16.9 Å². The summed E-state index contributed by atoms with van der Waals surface area (Å²) in [5.74, 6) is 0.363. The highest BCUT2D eigenvalue weighted by Gasteiger charge is 2.36. The number of hydrogen-bond donors (Lipinski definition) is 1. The molecule has 0 radical (unpaired) electrons. The molecule has 35 heavy (non-hydrogen) atoms. The average Bonchev–Trinajstić information content (AvgIpc) is 3.49. The van der Waals surface area contributed by atoms with Gasteiger partial charge in [0.1, 0.15) is 23.8 Å². The molecule has 1 saturated carbocycles. The zero-order chi connectivity index (χ0) is 24.2. The summed E-state index contributed by atoms with van der Waals surface area (Å²) in [7, 11) is -1.65. The number of aromatic nitrogens is 5. The highest BCUT2D eigenvalue weighted by molar-refractivity contribution is 7.93. The minimum absolute atomic E-state index is 0.211. The second-order valence-corrected chi connectivity index (χ2v) is 10.6. The van der Waals surface area contributed by atoms with E-state index < -0.39 is 10.0 Å². The summed E-state index contributed by atoms with van der Waals surface area (Å²) in [6.45, 7) is 0. The molecule has 0 amide bonds. The van der Waals surface area contributed by atoms with Crippen molar-refractivity contribution in [3.8, 4) is 28.1 Å². The van der Waals surface area contributed by atoms with Gasteiger partial charge in [0.25, 0.3) is 0 Å². The Bertz CT molecular complexity index is 1670. The molecule has 6 rings (SSSR count). The van der Waals surface area contributed by atoms with Crippen LogP contribution < -0.4 is 4.72 Å². The van der Waals surface area contributed by atoms with Crippen molar-refractivity contribution >= 4 is 26.9 Å². The largest absolute Gasteiger partial charge is 0.283 e. The fourth-order valence-corrected chi connectivity index (χ4v) is 5.37. The SMILES string of the molecule is Cn1cc(-c2ccc3c(c2)ncn3-c2cc(-c3ccc(F)cc3)cc(NS(=O)(=O)C3CC3)n2)cn1. The lowest BCUT2D eigenvalue weighted by Gasteiger charge is -2.12. The van der Waals surface area contributed by atoms with Crippen molar-refractivity contribution in [2.75, 3.05) is 4.72 Å². The molecule has 1 fully saturated rings. The first-order valence-electron chi connectivity index (χ1n) is 11.1. The Kier molecular flexibility index (Phi) is 4.92. The Morgan fingerprint density at radius 3 is 2.46 bits per heavy atom. The fraction of sp³-hybridized carbons (Fsp3) is 0.160. The lowest BCUT2D eigenvalue weighted by molar-refractivity contribution is 0.600. The molecular formula is C25H21FN6O2S. The predicted molar refractivity (Wildman–Crippen MR) is 132 cm³/mol. The molecule has 8 nitrogen and oxygen atoms in total. The third-order valence-electron chi connectivity index (χ3n) is 6.03. The summed E-state index contributed by atoms with van der Waals surface area (Å²) in [4.78, 5) is 9.15. The van der Waals surface area contributed by atoms with Crippen LogP contribution in [-0.2, 0) is 17.1 Å². The molecule has 0 bridgehead atoms. The van der Waals surface area contributed by atoms with Crippen LogP contribution in [0.3, 0.4) is 0 Å². The number of benzene rings is 2. The lowest BCUT2D eigenvalue weighted by Crippen LogP contribution is -2.18. The van der Waals surface area contributed by atoms with Crippen LogP contribution in [0, 0.1) is 5.82 Å². The molecule has 0 saturated heterocycles. The molecule has 1 aliphatic rings. The van der Waals surface area contributed by atoms with Crippen molar-refractivity contribution in [3.63, 3.8) is 0 Å². The van der Waals surface area contributed by atoms with Gasteiger partial charge in [-0.25, -0.2) is 22.8 Å². The summed E-state index contributed by atoms with van der Waals surface area (Å²) in [5, 5.41) is 3.84. The van der Waals surface area contributed by atoms with Gasteiger partial charge in [-0.3, -0.25) is 14.0 Å². The Morgan fingerprint density at radius 1 is 0.971 bits per heavy atom. The highest BCUT2D eigenvalue weighted by Crippen LogP contribution is 2.32. The number of rotatable bonds is 6. The van der Waals surface area contributed by atoms with Gasteiger partial charge in [0.05, 0.1) is 22.5 Å². The lowest BCUT2D eigenvalue weighted by atomic mass is 10.1. The van der Waals surface area contributed by atoms with Crippen molar-refractivity contribution in [1.82, 2.24) is 24.3 Å². The molecule has 5 aromatic rings. The van der Waals surface area contributed by atoms with Crippen LogP contribution in [0.25, 0.3) is 39.1 Å². The fourth-order valence-electron chi connectivity index (χ4n) is 4.05. The Hall–Kier alpha value is -4.05. The normalized spacial score (nSPS) is 13.9. The number of fused-ring (bicyclic) bond motifs is 1. The van der Waals surface area contributed by atoms with E-state index in [1.54, 1.807) is 35.4 Å². The van der Waals surface area contributed by atoms with Crippen molar-refractivity contribution in [2.45, 2.75) is 18.1 Å². The summed E-state index contributed by atoms with van der Waals surface area (Å²) in [5.41, 5.74) is 5.00. The molecule has 1 N–H and O–H groups in total. The van der Waals surface area contributed by atoms with Gasteiger partial charge < -0.3 is 0 Å². The average molecular weight is 489 g/mol. The second-order valence-electron chi connectivity index (χ2n) is 8.67. The van der Waals surface area contributed by atoms with Gasteiger partial charge in [0.2, 0.25) is 10.0 Å². The molecule has 1 aliphatic carbocycles. The van der Waals surface area contributed by atoms with Crippen LogP contribution in [0.15, 0.2) is 73.3 Å². The van der Waals surface area contributed by atoms with Gasteiger partial charge in [-0.1, -0.05) is 18.2 Å². The van der Waals surface area contributed by atoms with Crippen molar-refractivity contribution in [1.29, 1.82) is 0 Å². The van der Waals surface area contributed by atoms with Crippen LogP contribution in [0.5, 0.6) is 0 Å². The number of imidazole rings is 1. The molecular weight excluding hydrogens is 467 g/mol. The molecule has 0 aliphatic heterocycles. The van der Waals surface area contributed by atoms with Crippen molar-refractivity contribution in [3.05, 3.63) is 79.1 Å². The van der Waals surface area contributed by atoms with Gasteiger partial charge >= 0.3 is 0 Å². The quantitative estimate of drug-likeness (QED) is 0.379. The van der Waals surface area contributed by atoms with E-state index >= 15 is 0 Å². The Morgan fingerprint density at radius 2 is 1.74 bits per heavy atom. The smallest absolute Gasteiger partial charge is 0.236 e. The van der Waals surface area contributed by atoms with Crippen LogP contribution in [-0.4, -0.2) is 38.0 Å². The Labute approximate surface area is 201 Å². The van der Waals surface area contributed by atoms with E-state index in [0.717, 1.165) is 27.7 Å². The van der Waals surface area contributed by atoms with E-state index in [2.05, 4.69) is 19.8 Å². The number of sulfonamides is 1. The minimum atomic E-state index is -3.51. The van der Waals surface area contributed by atoms with Crippen LogP contribution >= 0.6 is 0 Å². The molecule has 0 unspecified atom stereocenters. The number of halogens is 1. The van der Waals surface area contributed by atoms with Gasteiger partial charge in [-0.2, -0.15) is 5.10 Å². The monoisotopic (exact) mass is 488 g/mol. The van der Waals surface area contributed by atoms with Gasteiger partial charge in [0, 0.05) is 18.8 Å². The Balaban J connectivity index is 1.46. The topological polar surface area (TPSA) is 94.7 Å². The maximum atomic E-state index is 13.5. The number of nitrogens with one attached hydrogen (secondary N) is 1. The molecule has 3 aromatic heterocycles. The summed E-state index contributed by atoms with van der Waals surface area (Å²) >= 11 is 0. The van der Waals surface area contributed by atoms with Crippen LogP contribution in [0.2, 0.25) is 0 Å². The summed E-state index contributed by atoms with van der Waals surface area (Å²) in [6, 6.07) is 15.5. The van der Waals surface area contributed by atoms with Gasteiger partial charge in [-0.05, 0) is 65.9 Å². The van der Waals surface area contributed by atoms with Crippen LogP contribution in [0.4, 0.5) is 10.2 Å². The van der Waals surface area contributed by atoms with E-state index in [0.29, 0.717) is 24.2 Å². The zero-order valence-electron chi connectivity index (χ0n) is 18.8. The van der Waals surface area contributed by atoms with Gasteiger partial charge in [0.15, 0.2) is 0 Å². The van der Waals surface area contributed by atoms with E-state index in [1.165, 1.54) is 12.1 Å². The summed E-state index contributed by atoms with van der Waals surface area (Å²) in [6.07, 6.45) is 6.68. The number of hydrogen-bond acceptors (Lipinski definition) is 5. The number of anilines is 1. The van der Waals surface area contributed by atoms with Crippen molar-refractivity contribution < 1.29 is 12.8 Å². The van der Waals surface area contributed by atoms with Crippen LogP contribution in [0.1, 0.15) is 12.8 Å². The highest BCUT2D eigenvalue weighted by atomic mass is 32.2. The third kappa shape index (κ3) is 4.17. The maximum absolute atomic E-state index is 13.5. The molecule has 0 atom stereocenters. The summed E-state index contributed by atoms with van der Waals surface area (Å²) < 4.78 is 44.9. The first-order chi connectivity index (χ1) is 16.9. The standard InChI is InChI=1S/C25H21FN6O2S/c1-31-14-19(13-28-31)17-4-9-23-22(10-17)27-15-32(23)25-12-18(16-2-5-20(26)6-3-16)11-24(29-25)30-35(33,34)21-7-8-21/h2-6,9-15,21H,7-8H2,1H3,(H,29,30). The first-order valence-corrected chi connectivity index (χ1v) is 12.7. The molecule has 10 heteroatoms. The van der Waals surface area contributed by atoms with Crippen molar-refractivity contribution in [2.24, 2.45) is 7.05 Å². The minimum Gasteiger partial charge on any atom is -0.283 e.